The Hall–Kier alpha value is -2.18. The fourth-order valence-electron chi connectivity index (χ4n) is 1.97. The summed E-state index contributed by atoms with van der Waals surface area (Å²) in [5, 5.41) is 9.31. The van der Waals surface area contributed by atoms with Crippen LogP contribution in [0.4, 0.5) is 0 Å². The van der Waals surface area contributed by atoms with E-state index in [1.165, 1.54) is 0 Å². The van der Waals surface area contributed by atoms with Gasteiger partial charge in [0.05, 0.1) is 13.2 Å². The molecule has 0 radical (unpaired) electrons. The van der Waals surface area contributed by atoms with Gasteiger partial charge in [-0.15, -0.1) is 0 Å². The number of aryl methyl sites for hydroxylation is 1. The maximum Gasteiger partial charge on any atom is 0.161 e. The monoisotopic (exact) mass is 301 g/mol. The van der Waals surface area contributed by atoms with E-state index in [0.717, 1.165) is 11.1 Å². The number of ether oxygens (including phenoxy) is 2. The van der Waals surface area contributed by atoms with Crippen molar-refractivity contribution in [1.29, 1.82) is 5.26 Å². The summed E-state index contributed by atoms with van der Waals surface area (Å²) in [5.41, 5.74) is 2.06. The number of nitrogens with zero attached hydrogens (tertiary/aromatic N) is 1. The molecule has 21 heavy (non-hydrogen) atoms. The van der Waals surface area contributed by atoms with Crippen molar-refractivity contribution in [1.82, 2.24) is 0 Å². The summed E-state index contributed by atoms with van der Waals surface area (Å²) in [5.74, 6) is 1.35. The van der Waals surface area contributed by atoms with Crippen LogP contribution in [0.25, 0.3) is 0 Å². The lowest BCUT2D eigenvalue weighted by molar-refractivity contribution is 0.284. The van der Waals surface area contributed by atoms with Gasteiger partial charge < -0.3 is 9.47 Å². The predicted molar refractivity (Wildman–Crippen MR) is 82.7 cm³/mol. The molecule has 0 spiro atoms. The number of halogens is 1. The van der Waals surface area contributed by atoms with E-state index >= 15 is 0 Å². The van der Waals surface area contributed by atoms with Crippen LogP contribution in [0.15, 0.2) is 42.5 Å². The molecule has 2 aromatic rings. The van der Waals surface area contributed by atoms with Crippen molar-refractivity contribution in [3.63, 3.8) is 0 Å². The van der Waals surface area contributed by atoms with Crippen molar-refractivity contribution >= 4 is 11.6 Å². The van der Waals surface area contributed by atoms with E-state index in [2.05, 4.69) is 6.07 Å². The molecule has 0 aromatic heterocycles. The minimum atomic E-state index is 0.425. The first-order valence-electron chi connectivity index (χ1n) is 6.64. The number of nitriles is 1. The summed E-state index contributed by atoms with van der Waals surface area (Å²) in [4.78, 5) is 0. The molecular formula is C17H16ClNO2. The van der Waals surface area contributed by atoms with Gasteiger partial charge in [0.25, 0.3) is 0 Å². The fourth-order valence-corrected chi connectivity index (χ4v) is 2.19. The largest absolute Gasteiger partial charge is 0.493 e. The lowest BCUT2D eigenvalue weighted by Crippen LogP contribution is -1.98. The standard InChI is InChI=1S/C17H16ClNO2/c1-20-17-11-13(5-3-9-19)7-8-16(17)21-12-14-4-2-6-15(18)10-14/h2,4,6-8,10-11H,3,5,12H2,1H3. The molecule has 0 N–H and O–H groups in total. The number of methoxy groups -OCH3 is 1. The molecule has 0 aliphatic carbocycles. The maximum atomic E-state index is 8.62. The van der Waals surface area contributed by atoms with E-state index in [1.807, 2.05) is 42.5 Å². The van der Waals surface area contributed by atoms with Gasteiger partial charge in [0.15, 0.2) is 11.5 Å². The molecule has 0 aliphatic rings. The number of hydrogen-bond acceptors (Lipinski definition) is 3. The molecule has 0 amide bonds. The average Bonchev–Trinajstić information content (AvgIpc) is 2.51. The molecule has 0 atom stereocenters. The number of hydrogen-bond donors (Lipinski definition) is 0. The quantitative estimate of drug-likeness (QED) is 0.795. The van der Waals surface area contributed by atoms with Crippen molar-refractivity contribution in [3.8, 4) is 17.6 Å². The minimum Gasteiger partial charge on any atom is -0.493 e. The van der Waals surface area contributed by atoms with E-state index in [4.69, 9.17) is 26.3 Å². The molecule has 0 bridgehead atoms. The van der Waals surface area contributed by atoms with Gasteiger partial charge in [0.2, 0.25) is 0 Å². The Bertz CT molecular complexity index is 649. The molecule has 0 saturated heterocycles. The van der Waals surface area contributed by atoms with E-state index < -0.39 is 0 Å². The summed E-state index contributed by atoms with van der Waals surface area (Å²) >= 11 is 5.95. The van der Waals surface area contributed by atoms with E-state index in [1.54, 1.807) is 7.11 Å². The molecule has 3 nitrogen and oxygen atoms in total. The Morgan fingerprint density at radius 1 is 1.10 bits per heavy atom. The zero-order valence-corrected chi connectivity index (χ0v) is 12.6. The molecule has 2 rings (SSSR count). The van der Waals surface area contributed by atoms with Gasteiger partial charge >= 0.3 is 0 Å². The Morgan fingerprint density at radius 3 is 2.67 bits per heavy atom. The molecule has 0 saturated carbocycles. The zero-order chi connectivity index (χ0) is 15.1. The van der Waals surface area contributed by atoms with Crippen molar-refractivity contribution in [2.45, 2.75) is 19.4 Å². The summed E-state index contributed by atoms with van der Waals surface area (Å²) in [7, 11) is 1.61. The molecule has 4 heteroatoms. The highest BCUT2D eigenvalue weighted by Gasteiger charge is 2.06. The van der Waals surface area contributed by atoms with E-state index in [-0.39, 0.29) is 0 Å². The molecule has 0 fully saturated rings. The van der Waals surface area contributed by atoms with Crippen LogP contribution in [0.5, 0.6) is 11.5 Å². The first-order valence-corrected chi connectivity index (χ1v) is 7.02. The van der Waals surface area contributed by atoms with E-state index in [9.17, 15) is 0 Å². The van der Waals surface area contributed by atoms with Gasteiger partial charge in [-0.1, -0.05) is 29.8 Å². The van der Waals surface area contributed by atoms with Gasteiger partial charge in [-0.2, -0.15) is 5.26 Å². The summed E-state index contributed by atoms with van der Waals surface area (Å²) in [6, 6.07) is 15.4. The first kappa shape index (κ1) is 15.2. The molecule has 0 unspecified atom stereocenters. The number of rotatable bonds is 6. The number of benzene rings is 2. The van der Waals surface area contributed by atoms with Crippen LogP contribution in [0.1, 0.15) is 17.5 Å². The van der Waals surface area contributed by atoms with Crippen LogP contribution in [0.2, 0.25) is 5.02 Å². The van der Waals surface area contributed by atoms with E-state index in [0.29, 0.717) is 36.0 Å². The highest BCUT2D eigenvalue weighted by Crippen LogP contribution is 2.29. The maximum absolute atomic E-state index is 8.62. The molecule has 0 aliphatic heterocycles. The zero-order valence-electron chi connectivity index (χ0n) is 11.8. The topological polar surface area (TPSA) is 42.2 Å². The lowest BCUT2D eigenvalue weighted by atomic mass is 10.1. The highest BCUT2D eigenvalue weighted by atomic mass is 35.5. The van der Waals surface area contributed by atoms with Crippen LogP contribution < -0.4 is 9.47 Å². The predicted octanol–water partition coefficient (Wildman–Crippen LogP) is 4.38. The Kier molecular flexibility index (Phi) is 5.48. The second kappa shape index (κ2) is 7.56. The van der Waals surface area contributed by atoms with Crippen LogP contribution in [-0.2, 0) is 13.0 Å². The molecular weight excluding hydrogens is 286 g/mol. The lowest BCUT2D eigenvalue weighted by Gasteiger charge is -2.12. The second-order valence-corrected chi connectivity index (χ2v) is 5.00. The summed E-state index contributed by atoms with van der Waals surface area (Å²) in [6.07, 6.45) is 1.20. The van der Waals surface area contributed by atoms with Gasteiger partial charge in [0.1, 0.15) is 6.61 Å². The first-order chi connectivity index (χ1) is 10.2. The van der Waals surface area contributed by atoms with Crippen molar-refractivity contribution < 1.29 is 9.47 Å². The fraction of sp³-hybridized carbons (Fsp3) is 0.235. The average molecular weight is 302 g/mol. The normalized spacial score (nSPS) is 9.95. The third-order valence-electron chi connectivity index (χ3n) is 3.04. The molecule has 108 valence electrons. The Balaban J connectivity index is 2.07. The third-order valence-corrected chi connectivity index (χ3v) is 3.27. The van der Waals surface area contributed by atoms with Crippen LogP contribution in [0.3, 0.4) is 0 Å². The molecule has 0 heterocycles. The third kappa shape index (κ3) is 4.40. The Labute approximate surface area is 129 Å². The van der Waals surface area contributed by atoms with Gasteiger partial charge in [-0.3, -0.25) is 0 Å². The van der Waals surface area contributed by atoms with Crippen molar-refractivity contribution in [2.75, 3.05) is 7.11 Å². The van der Waals surface area contributed by atoms with Crippen LogP contribution in [-0.4, -0.2) is 7.11 Å². The van der Waals surface area contributed by atoms with Crippen molar-refractivity contribution in [3.05, 3.63) is 58.6 Å². The minimum absolute atomic E-state index is 0.425. The van der Waals surface area contributed by atoms with Gasteiger partial charge in [-0.25, -0.2) is 0 Å². The van der Waals surface area contributed by atoms with Crippen molar-refractivity contribution in [2.24, 2.45) is 0 Å². The highest BCUT2D eigenvalue weighted by molar-refractivity contribution is 6.30. The van der Waals surface area contributed by atoms with Gasteiger partial charge in [0, 0.05) is 11.4 Å². The smallest absolute Gasteiger partial charge is 0.161 e. The summed E-state index contributed by atoms with van der Waals surface area (Å²) < 4.78 is 11.1. The van der Waals surface area contributed by atoms with Gasteiger partial charge in [-0.05, 0) is 41.8 Å². The van der Waals surface area contributed by atoms with Crippen LogP contribution >= 0.6 is 11.6 Å². The molecule has 2 aromatic carbocycles. The summed E-state index contributed by atoms with van der Waals surface area (Å²) in [6.45, 7) is 0.425. The second-order valence-electron chi connectivity index (χ2n) is 4.56. The SMILES string of the molecule is COc1cc(CCC#N)ccc1OCc1cccc(Cl)c1. The van der Waals surface area contributed by atoms with Crippen LogP contribution in [0, 0.1) is 11.3 Å². The Morgan fingerprint density at radius 2 is 1.95 bits per heavy atom.